The standard InChI is InChI=1S/C15H29NO/c17-13-5-1-4-12-16-14-6-10-15(11-7-14)8-2-3-9-15/h14,16-17H,1-13H2. The molecule has 0 unspecified atom stereocenters. The van der Waals surface area contributed by atoms with Crippen molar-refractivity contribution in [3.63, 3.8) is 0 Å². The second-order valence-corrected chi connectivity index (χ2v) is 6.22. The van der Waals surface area contributed by atoms with Crippen LogP contribution in [0.25, 0.3) is 0 Å². The maximum absolute atomic E-state index is 8.71. The third kappa shape index (κ3) is 3.96. The molecule has 2 fully saturated rings. The lowest BCUT2D eigenvalue weighted by atomic mass is 9.71. The Bertz CT molecular complexity index is 201. The van der Waals surface area contributed by atoms with Crippen LogP contribution in [0.4, 0.5) is 0 Å². The SMILES string of the molecule is OCCCCCNC1CCC2(CCCC2)CC1. The third-order valence-electron chi connectivity index (χ3n) is 4.98. The van der Waals surface area contributed by atoms with Crippen LogP contribution in [-0.2, 0) is 0 Å². The molecule has 0 aromatic rings. The summed E-state index contributed by atoms with van der Waals surface area (Å²) >= 11 is 0. The average molecular weight is 239 g/mol. The molecule has 1 spiro atoms. The highest BCUT2D eigenvalue weighted by Gasteiger charge is 2.37. The Balaban J connectivity index is 1.56. The smallest absolute Gasteiger partial charge is 0.0431 e. The molecule has 0 aromatic heterocycles. The van der Waals surface area contributed by atoms with Gasteiger partial charge in [0.05, 0.1) is 0 Å². The second kappa shape index (κ2) is 6.75. The molecule has 0 amide bonds. The predicted octanol–water partition coefficient (Wildman–Crippen LogP) is 3.24. The van der Waals surface area contributed by atoms with Crippen molar-refractivity contribution >= 4 is 0 Å². The zero-order valence-electron chi connectivity index (χ0n) is 11.2. The summed E-state index contributed by atoms with van der Waals surface area (Å²) in [4.78, 5) is 0. The first-order valence-electron chi connectivity index (χ1n) is 7.69. The average Bonchev–Trinajstić information content (AvgIpc) is 2.80. The molecule has 0 radical (unpaired) electrons. The molecule has 0 aromatic carbocycles. The summed E-state index contributed by atoms with van der Waals surface area (Å²) in [6.45, 7) is 1.50. The van der Waals surface area contributed by atoms with Gasteiger partial charge in [-0.05, 0) is 69.7 Å². The van der Waals surface area contributed by atoms with E-state index >= 15 is 0 Å². The van der Waals surface area contributed by atoms with Crippen molar-refractivity contribution in [2.45, 2.75) is 76.7 Å². The van der Waals surface area contributed by atoms with E-state index in [0.717, 1.165) is 24.4 Å². The highest BCUT2D eigenvalue weighted by molar-refractivity contribution is 4.91. The molecular weight excluding hydrogens is 210 g/mol. The number of nitrogens with one attached hydrogen (secondary N) is 1. The first-order valence-corrected chi connectivity index (χ1v) is 7.69. The normalized spacial score (nSPS) is 24.5. The zero-order chi connectivity index (χ0) is 12.0. The summed E-state index contributed by atoms with van der Waals surface area (Å²) in [5, 5.41) is 12.4. The van der Waals surface area contributed by atoms with Crippen molar-refractivity contribution in [2.24, 2.45) is 5.41 Å². The monoisotopic (exact) mass is 239 g/mol. The molecule has 2 saturated carbocycles. The van der Waals surface area contributed by atoms with Gasteiger partial charge >= 0.3 is 0 Å². The van der Waals surface area contributed by atoms with E-state index in [2.05, 4.69) is 5.32 Å². The molecule has 2 rings (SSSR count). The largest absolute Gasteiger partial charge is 0.396 e. The molecule has 2 aliphatic carbocycles. The van der Waals surface area contributed by atoms with Crippen LogP contribution in [0.15, 0.2) is 0 Å². The molecule has 100 valence electrons. The van der Waals surface area contributed by atoms with Gasteiger partial charge in [-0.2, -0.15) is 0 Å². The van der Waals surface area contributed by atoms with Crippen molar-refractivity contribution in [1.29, 1.82) is 0 Å². The van der Waals surface area contributed by atoms with E-state index in [1.807, 2.05) is 0 Å². The Morgan fingerprint density at radius 1 is 0.941 bits per heavy atom. The Hall–Kier alpha value is -0.0800. The van der Waals surface area contributed by atoms with Gasteiger partial charge in [0.15, 0.2) is 0 Å². The Morgan fingerprint density at radius 2 is 1.65 bits per heavy atom. The van der Waals surface area contributed by atoms with Crippen molar-refractivity contribution < 1.29 is 5.11 Å². The molecule has 2 aliphatic rings. The van der Waals surface area contributed by atoms with Crippen LogP contribution in [0, 0.1) is 5.41 Å². The first-order chi connectivity index (χ1) is 8.35. The van der Waals surface area contributed by atoms with Crippen LogP contribution in [-0.4, -0.2) is 24.3 Å². The van der Waals surface area contributed by atoms with Crippen molar-refractivity contribution in [3.05, 3.63) is 0 Å². The second-order valence-electron chi connectivity index (χ2n) is 6.22. The van der Waals surface area contributed by atoms with Crippen molar-refractivity contribution in [1.82, 2.24) is 5.32 Å². The lowest BCUT2D eigenvalue weighted by molar-refractivity contribution is 0.168. The maximum Gasteiger partial charge on any atom is 0.0431 e. The number of rotatable bonds is 6. The van der Waals surface area contributed by atoms with Gasteiger partial charge in [0.1, 0.15) is 0 Å². The molecule has 0 saturated heterocycles. The van der Waals surface area contributed by atoms with E-state index < -0.39 is 0 Å². The Kier molecular flexibility index (Phi) is 5.30. The quantitative estimate of drug-likeness (QED) is 0.697. The zero-order valence-corrected chi connectivity index (χ0v) is 11.2. The van der Waals surface area contributed by atoms with Crippen LogP contribution < -0.4 is 5.32 Å². The summed E-state index contributed by atoms with van der Waals surface area (Å²) in [6, 6.07) is 0.787. The maximum atomic E-state index is 8.71. The molecule has 0 heterocycles. The van der Waals surface area contributed by atoms with Gasteiger partial charge in [-0.3, -0.25) is 0 Å². The fourth-order valence-electron chi connectivity index (χ4n) is 3.78. The molecule has 2 heteroatoms. The molecule has 2 nitrogen and oxygen atoms in total. The van der Waals surface area contributed by atoms with Crippen LogP contribution >= 0.6 is 0 Å². The van der Waals surface area contributed by atoms with Gasteiger partial charge in [-0.25, -0.2) is 0 Å². The molecule has 0 atom stereocenters. The number of aliphatic hydroxyl groups excluding tert-OH is 1. The van der Waals surface area contributed by atoms with Gasteiger partial charge in [0.25, 0.3) is 0 Å². The van der Waals surface area contributed by atoms with E-state index in [0.29, 0.717) is 6.61 Å². The molecule has 2 N–H and O–H groups in total. The first kappa shape index (κ1) is 13.4. The highest BCUT2D eigenvalue weighted by Crippen LogP contribution is 2.48. The summed E-state index contributed by atoms with van der Waals surface area (Å²) in [5.74, 6) is 0. The fraction of sp³-hybridized carbons (Fsp3) is 1.00. The van der Waals surface area contributed by atoms with Gasteiger partial charge in [0.2, 0.25) is 0 Å². The summed E-state index contributed by atoms with van der Waals surface area (Å²) < 4.78 is 0. The minimum Gasteiger partial charge on any atom is -0.396 e. The number of hydrogen-bond donors (Lipinski definition) is 2. The summed E-state index contributed by atoms with van der Waals surface area (Å²) in [7, 11) is 0. The van der Waals surface area contributed by atoms with E-state index in [9.17, 15) is 0 Å². The number of aliphatic hydroxyl groups is 1. The molecule has 0 bridgehead atoms. The Morgan fingerprint density at radius 3 is 2.29 bits per heavy atom. The number of unbranched alkanes of at least 4 members (excludes halogenated alkanes) is 2. The van der Waals surface area contributed by atoms with Crippen LogP contribution in [0.3, 0.4) is 0 Å². The lowest BCUT2D eigenvalue weighted by Gasteiger charge is -2.37. The molecule has 17 heavy (non-hydrogen) atoms. The molecule has 0 aliphatic heterocycles. The minimum atomic E-state index is 0.353. The molecular formula is C15H29NO. The highest BCUT2D eigenvalue weighted by atomic mass is 16.2. The Labute approximate surface area is 106 Å². The van der Waals surface area contributed by atoms with Crippen molar-refractivity contribution in [2.75, 3.05) is 13.2 Å². The van der Waals surface area contributed by atoms with Crippen molar-refractivity contribution in [3.8, 4) is 0 Å². The van der Waals surface area contributed by atoms with Crippen LogP contribution in [0.2, 0.25) is 0 Å². The van der Waals surface area contributed by atoms with Gasteiger partial charge in [-0.1, -0.05) is 12.8 Å². The summed E-state index contributed by atoms with van der Waals surface area (Å²) in [6.07, 6.45) is 15.1. The van der Waals surface area contributed by atoms with E-state index in [-0.39, 0.29) is 0 Å². The van der Waals surface area contributed by atoms with E-state index in [1.165, 1.54) is 64.2 Å². The van der Waals surface area contributed by atoms with Gasteiger partial charge in [0, 0.05) is 12.6 Å². The third-order valence-corrected chi connectivity index (χ3v) is 4.98. The van der Waals surface area contributed by atoms with E-state index in [1.54, 1.807) is 0 Å². The topological polar surface area (TPSA) is 32.3 Å². The fourth-order valence-corrected chi connectivity index (χ4v) is 3.78. The number of hydrogen-bond acceptors (Lipinski definition) is 2. The van der Waals surface area contributed by atoms with Gasteiger partial charge in [-0.15, -0.1) is 0 Å². The predicted molar refractivity (Wildman–Crippen MR) is 72.1 cm³/mol. The van der Waals surface area contributed by atoms with Crippen LogP contribution in [0.1, 0.15) is 70.6 Å². The van der Waals surface area contributed by atoms with E-state index in [4.69, 9.17) is 5.11 Å². The lowest BCUT2D eigenvalue weighted by Crippen LogP contribution is -2.37. The minimum absolute atomic E-state index is 0.353. The van der Waals surface area contributed by atoms with Gasteiger partial charge < -0.3 is 10.4 Å². The summed E-state index contributed by atoms with van der Waals surface area (Å²) in [5.41, 5.74) is 0.773. The van der Waals surface area contributed by atoms with Crippen LogP contribution in [0.5, 0.6) is 0 Å².